The number of rotatable bonds is 7. The molecule has 0 spiro atoms. The molecule has 1 aromatic heterocycles. The Kier molecular flexibility index (Phi) is 8.45. The van der Waals surface area contributed by atoms with Gasteiger partial charge in [-0.05, 0) is 47.5 Å². The van der Waals surface area contributed by atoms with Crippen molar-refractivity contribution in [2.24, 2.45) is 0 Å². The Balaban J connectivity index is 0.00000200. The van der Waals surface area contributed by atoms with E-state index in [1.807, 2.05) is 11.3 Å². The minimum Gasteiger partial charge on any atom is -0.298 e. The van der Waals surface area contributed by atoms with Gasteiger partial charge in [0.25, 0.3) is 0 Å². The Hall–Kier alpha value is 0.200. The summed E-state index contributed by atoms with van der Waals surface area (Å²) in [6.45, 7) is 5.33. The molecule has 5 heteroatoms. The smallest absolute Gasteiger partial charge is 0.0351 e. The second-order valence-electron chi connectivity index (χ2n) is 4.72. The first-order chi connectivity index (χ1) is 9.24. The second-order valence-corrected chi connectivity index (χ2v) is 6.92. The molecule has 1 aromatic carbocycles. The van der Waals surface area contributed by atoms with E-state index in [0.717, 1.165) is 24.1 Å². The van der Waals surface area contributed by atoms with Crippen LogP contribution in [0.25, 0.3) is 10.1 Å². The molecule has 0 aliphatic heterocycles. The van der Waals surface area contributed by atoms with Crippen LogP contribution >= 0.6 is 51.3 Å². The van der Waals surface area contributed by atoms with Crippen molar-refractivity contribution in [2.75, 3.05) is 19.0 Å². The van der Waals surface area contributed by atoms with Gasteiger partial charge in [-0.2, -0.15) is 0 Å². The molecular formula is C15H20BrCl2NS. The summed E-state index contributed by atoms with van der Waals surface area (Å²) in [5, 5.41) is 3.65. The van der Waals surface area contributed by atoms with Crippen LogP contribution in [0.2, 0.25) is 0 Å². The van der Waals surface area contributed by atoms with Crippen molar-refractivity contribution in [3.8, 4) is 0 Å². The van der Waals surface area contributed by atoms with E-state index < -0.39 is 0 Å². The SMILES string of the molecule is CCCCN(CCCl)Cc1csc2ccc(Br)cc12.Cl. The van der Waals surface area contributed by atoms with Gasteiger partial charge in [0.15, 0.2) is 0 Å². The normalized spacial score (nSPS) is 11.0. The van der Waals surface area contributed by atoms with Crippen molar-refractivity contribution >= 4 is 61.4 Å². The standard InChI is InChI=1S/C15H19BrClNS.ClH/c1-2-3-7-18(8-6-17)10-12-11-19-15-5-4-13(16)9-14(12)15;/h4-5,9,11H,2-3,6-8,10H2,1H3;1H. The number of thiophene rings is 1. The Morgan fingerprint density at radius 3 is 2.80 bits per heavy atom. The fraction of sp³-hybridized carbons (Fsp3) is 0.467. The zero-order valence-corrected chi connectivity index (χ0v) is 15.5. The Morgan fingerprint density at radius 1 is 1.30 bits per heavy atom. The number of alkyl halides is 1. The lowest BCUT2D eigenvalue weighted by Gasteiger charge is -2.20. The number of hydrogen-bond donors (Lipinski definition) is 0. The van der Waals surface area contributed by atoms with E-state index in [4.69, 9.17) is 11.6 Å². The van der Waals surface area contributed by atoms with Crippen molar-refractivity contribution in [1.82, 2.24) is 4.90 Å². The summed E-state index contributed by atoms with van der Waals surface area (Å²) in [6, 6.07) is 6.52. The summed E-state index contributed by atoms with van der Waals surface area (Å²) in [5.74, 6) is 0.704. The minimum atomic E-state index is 0. The van der Waals surface area contributed by atoms with E-state index in [0.29, 0.717) is 5.88 Å². The van der Waals surface area contributed by atoms with E-state index in [1.165, 1.54) is 28.5 Å². The molecule has 0 aliphatic carbocycles. The number of unbranched alkanes of at least 4 members (excludes halogenated alkanes) is 1. The fourth-order valence-corrected chi connectivity index (χ4v) is 3.72. The molecule has 1 heterocycles. The molecule has 0 amide bonds. The van der Waals surface area contributed by atoms with Crippen LogP contribution in [-0.2, 0) is 6.54 Å². The monoisotopic (exact) mass is 395 g/mol. The number of benzene rings is 1. The molecule has 1 nitrogen and oxygen atoms in total. The molecule has 0 aliphatic rings. The average Bonchev–Trinajstić information content (AvgIpc) is 2.79. The van der Waals surface area contributed by atoms with Gasteiger partial charge in [0.2, 0.25) is 0 Å². The number of halogens is 3. The van der Waals surface area contributed by atoms with E-state index >= 15 is 0 Å². The van der Waals surface area contributed by atoms with Gasteiger partial charge in [0.1, 0.15) is 0 Å². The number of hydrogen-bond acceptors (Lipinski definition) is 2. The lowest BCUT2D eigenvalue weighted by molar-refractivity contribution is 0.278. The highest BCUT2D eigenvalue weighted by molar-refractivity contribution is 9.10. The predicted octanol–water partition coefficient (Wildman–Crippen LogP) is 5.93. The molecule has 20 heavy (non-hydrogen) atoms. The highest BCUT2D eigenvalue weighted by Gasteiger charge is 2.09. The van der Waals surface area contributed by atoms with Crippen LogP contribution in [0.15, 0.2) is 28.1 Å². The van der Waals surface area contributed by atoms with Crippen LogP contribution < -0.4 is 0 Å². The third kappa shape index (κ3) is 4.88. The van der Waals surface area contributed by atoms with Crippen LogP contribution in [0.5, 0.6) is 0 Å². The molecule has 0 saturated carbocycles. The molecule has 0 atom stereocenters. The molecule has 0 radical (unpaired) electrons. The fourth-order valence-electron chi connectivity index (χ4n) is 2.19. The largest absolute Gasteiger partial charge is 0.298 e. The van der Waals surface area contributed by atoms with Crippen LogP contribution in [0.4, 0.5) is 0 Å². The van der Waals surface area contributed by atoms with Gasteiger partial charge in [0, 0.05) is 28.1 Å². The molecule has 0 saturated heterocycles. The summed E-state index contributed by atoms with van der Waals surface area (Å²) in [4.78, 5) is 2.46. The van der Waals surface area contributed by atoms with Crippen molar-refractivity contribution in [3.05, 3.63) is 33.6 Å². The summed E-state index contributed by atoms with van der Waals surface area (Å²) in [5.41, 5.74) is 1.42. The average molecular weight is 397 g/mol. The zero-order valence-electron chi connectivity index (χ0n) is 11.6. The maximum absolute atomic E-state index is 5.91. The molecule has 0 fully saturated rings. The molecule has 0 bridgehead atoms. The number of nitrogens with zero attached hydrogens (tertiary/aromatic N) is 1. The van der Waals surface area contributed by atoms with E-state index in [9.17, 15) is 0 Å². The maximum atomic E-state index is 5.91. The summed E-state index contributed by atoms with van der Waals surface area (Å²) >= 11 is 11.3. The molecule has 112 valence electrons. The quantitative estimate of drug-likeness (QED) is 0.524. The molecular weight excluding hydrogens is 377 g/mol. The van der Waals surface area contributed by atoms with E-state index in [2.05, 4.69) is 51.3 Å². The minimum absolute atomic E-state index is 0. The zero-order chi connectivity index (χ0) is 13.7. The molecule has 2 aromatic rings. The van der Waals surface area contributed by atoms with Crippen molar-refractivity contribution in [2.45, 2.75) is 26.3 Å². The van der Waals surface area contributed by atoms with Gasteiger partial charge in [-0.3, -0.25) is 4.90 Å². The lowest BCUT2D eigenvalue weighted by atomic mass is 10.1. The summed E-state index contributed by atoms with van der Waals surface area (Å²) < 4.78 is 2.51. The van der Waals surface area contributed by atoms with Gasteiger partial charge in [0.05, 0.1) is 0 Å². The van der Waals surface area contributed by atoms with Crippen LogP contribution in [0.1, 0.15) is 25.3 Å². The van der Waals surface area contributed by atoms with Gasteiger partial charge in [-0.1, -0.05) is 29.3 Å². The second kappa shape index (κ2) is 9.26. The van der Waals surface area contributed by atoms with Gasteiger partial charge < -0.3 is 0 Å². The third-order valence-corrected chi connectivity index (χ3v) is 4.91. The van der Waals surface area contributed by atoms with Gasteiger partial charge in [-0.25, -0.2) is 0 Å². The maximum Gasteiger partial charge on any atom is 0.0351 e. The van der Waals surface area contributed by atoms with Crippen molar-refractivity contribution in [1.29, 1.82) is 0 Å². The number of fused-ring (bicyclic) bond motifs is 1. The molecule has 0 unspecified atom stereocenters. The topological polar surface area (TPSA) is 3.24 Å². The first-order valence-corrected chi connectivity index (χ1v) is 8.89. The van der Waals surface area contributed by atoms with Crippen molar-refractivity contribution < 1.29 is 0 Å². The van der Waals surface area contributed by atoms with E-state index in [-0.39, 0.29) is 12.4 Å². The Labute approximate surface area is 144 Å². The van der Waals surface area contributed by atoms with E-state index in [1.54, 1.807) is 0 Å². The highest BCUT2D eigenvalue weighted by atomic mass is 79.9. The Bertz CT molecular complexity index is 530. The predicted molar refractivity (Wildman–Crippen MR) is 97.7 cm³/mol. The summed E-state index contributed by atoms with van der Waals surface area (Å²) in [7, 11) is 0. The lowest BCUT2D eigenvalue weighted by Crippen LogP contribution is -2.26. The first kappa shape index (κ1) is 18.2. The van der Waals surface area contributed by atoms with Gasteiger partial charge in [-0.15, -0.1) is 35.3 Å². The summed E-state index contributed by atoms with van der Waals surface area (Å²) in [6.07, 6.45) is 2.47. The molecule has 0 N–H and O–H groups in total. The van der Waals surface area contributed by atoms with Crippen molar-refractivity contribution in [3.63, 3.8) is 0 Å². The van der Waals surface area contributed by atoms with Gasteiger partial charge >= 0.3 is 0 Å². The molecule has 2 rings (SSSR count). The van der Waals surface area contributed by atoms with Crippen LogP contribution in [0, 0.1) is 0 Å². The third-order valence-electron chi connectivity index (χ3n) is 3.24. The Morgan fingerprint density at radius 2 is 2.10 bits per heavy atom. The highest BCUT2D eigenvalue weighted by Crippen LogP contribution is 2.29. The van der Waals surface area contributed by atoms with Crippen LogP contribution in [0.3, 0.4) is 0 Å². The first-order valence-electron chi connectivity index (χ1n) is 6.68. The van der Waals surface area contributed by atoms with Crippen LogP contribution in [-0.4, -0.2) is 23.9 Å².